The summed E-state index contributed by atoms with van der Waals surface area (Å²) in [5.74, 6) is -0.00633. The summed E-state index contributed by atoms with van der Waals surface area (Å²) >= 11 is 0. The molecule has 3 rings (SSSR count). The van der Waals surface area contributed by atoms with Crippen molar-refractivity contribution in [1.29, 1.82) is 0 Å². The monoisotopic (exact) mass is 364 g/mol. The van der Waals surface area contributed by atoms with Crippen LogP contribution in [0.5, 0.6) is 0 Å². The largest absolute Gasteiger partial charge is 0.326 e. The minimum Gasteiger partial charge on any atom is -0.326 e. The van der Waals surface area contributed by atoms with Crippen LogP contribution in [0.2, 0.25) is 0 Å². The Hall–Kier alpha value is -2.62. The number of carbonyl (C=O) groups excluding carboxylic acids is 2. The summed E-state index contributed by atoms with van der Waals surface area (Å²) in [5.41, 5.74) is 4.07. The Kier molecular flexibility index (Phi) is 5.94. The third-order valence-corrected chi connectivity index (χ3v) is 5.52. The smallest absolute Gasteiger partial charge is 0.229 e. The van der Waals surface area contributed by atoms with Crippen molar-refractivity contribution in [3.8, 4) is 0 Å². The molecule has 27 heavy (non-hydrogen) atoms. The highest BCUT2D eigenvalue weighted by Gasteiger charge is 2.36. The molecule has 2 amide bonds. The van der Waals surface area contributed by atoms with Gasteiger partial charge < -0.3 is 10.2 Å². The lowest BCUT2D eigenvalue weighted by Crippen LogP contribution is -2.29. The number of hydrogen-bond donors (Lipinski definition) is 1. The Morgan fingerprint density at radius 2 is 1.85 bits per heavy atom. The molecule has 2 unspecified atom stereocenters. The van der Waals surface area contributed by atoms with Crippen LogP contribution in [-0.4, -0.2) is 18.4 Å². The zero-order valence-electron chi connectivity index (χ0n) is 16.4. The quantitative estimate of drug-likeness (QED) is 0.804. The summed E-state index contributed by atoms with van der Waals surface area (Å²) < 4.78 is 0. The van der Waals surface area contributed by atoms with E-state index in [0.717, 1.165) is 29.8 Å². The molecule has 1 saturated heterocycles. The number of aryl methyl sites for hydroxylation is 1. The van der Waals surface area contributed by atoms with Crippen LogP contribution in [0.4, 0.5) is 11.4 Å². The van der Waals surface area contributed by atoms with E-state index in [1.165, 1.54) is 5.56 Å². The highest BCUT2D eigenvalue weighted by atomic mass is 16.2. The molecule has 2 aromatic rings. The molecule has 0 radical (unpaired) electrons. The molecule has 0 spiro atoms. The molecule has 4 heteroatoms. The number of para-hydroxylation sites is 2. The Morgan fingerprint density at radius 3 is 2.59 bits per heavy atom. The number of anilines is 2. The van der Waals surface area contributed by atoms with E-state index in [1.54, 1.807) is 4.90 Å². The molecule has 142 valence electrons. The van der Waals surface area contributed by atoms with Crippen molar-refractivity contribution in [2.24, 2.45) is 5.92 Å². The minimum absolute atomic E-state index is 0.0229. The lowest BCUT2D eigenvalue weighted by Gasteiger charge is -2.23. The fraction of sp³-hybridized carbons (Fsp3) is 0.391. The molecule has 4 nitrogen and oxygen atoms in total. The number of carbonyl (C=O) groups is 2. The molecular formula is C23H28N2O2. The second kappa shape index (κ2) is 8.38. The van der Waals surface area contributed by atoms with Crippen LogP contribution in [0.3, 0.4) is 0 Å². The SMILES string of the molecule is CCc1ccccc1NC(=O)C1CC(=O)N(c2ccccc2C(C)CC)C1. The molecular weight excluding hydrogens is 336 g/mol. The average Bonchev–Trinajstić information content (AvgIpc) is 3.09. The van der Waals surface area contributed by atoms with Crippen LogP contribution in [0.25, 0.3) is 0 Å². The van der Waals surface area contributed by atoms with Crippen molar-refractivity contribution in [3.05, 3.63) is 59.7 Å². The van der Waals surface area contributed by atoms with Crippen LogP contribution in [0.1, 0.15) is 50.7 Å². The summed E-state index contributed by atoms with van der Waals surface area (Å²) in [4.78, 5) is 27.3. The Balaban J connectivity index is 1.77. The Bertz CT molecular complexity index is 831. The maximum atomic E-state index is 12.8. The molecule has 1 N–H and O–H groups in total. The maximum Gasteiger partial charge on any atom is 0.229 e. The van der Waals surface area contributed by atoms with Crippen LogP contribution in [0.15, 0.2) is 48.5 Å². The van der Waals surface area contributed by atoms with Gasteiger partial charge in [-0.05, 0) is 42.0 Å². The number of nitrogens with zero attached hydrogens (tertiary/aromatic N) is 1. The van der Waals surface area contributed by atoms with Gasteiger partial charge in [-0.2, -0.15) is 0 Å². The number of nitrogens with one attached hydrogen (secondary N) is 1. The van der Waals surface area contributed by atoms with Crippen LogP contribution >= 0.6 is 0 Å². The van der Waals surface area contributed by atoms with E-state index in [4.69, 9.17) is 0 Å². The molecule has 0 saturated carbocycles. The van der Waals surface area contributed by atoms with Gasteiger partial charge in [0.25, 0.3) is 0 Å². The van der Waals surface area contributed by atoms with Gasteiger partial charge in [-0.3, -0.25) is 9.59 Å². The van der Waals surface area contributed by atoms with Crippen LogP contribution in [0, 0.1) is 5.92 Å². The fourth-order valence-electron chi connectivity index (χ4n) is 3.67. The molecule has 0 aliphatic carbocycles. The topological polar surface area (TPSA) is 49.4 Å². The van der Waals surface area contributed by atoms with Gasteiger partial charge in [0.2, 0.25) is 11.8 Å². The predicted octanol–water partition coefficient (Wildman–Crippen LogP) is 4.75. The maximum absolute atomic E-state index is 12.8. The summed E-state index contributed by atoms with van der Waals surface area (Å²) in [6.45, 7) is 6.82. The van der Waals surface area contributed by atoms with Gasteiger partial charge in [-0.15, -0.1) is 0 Å². The standard InChI is InChI=1S/C23H28N2O2/c1-4-16(3)19-11-7-9-13-21(19)25-15-18(14-22(25)26)23(27)24-20-12-8-6-10-17(20)5-2/h6-13,16,18H,4-5,14-15H2,1-3H3,(H,24,27). The summed E-state index contributed by atoms with van der Waals surface area (Å²) in [6.07, 6.45) is 2.13. The zero-order chi connectivity index (χ0) is 19.4. The van der Waals surface area contributed by atoms with Gasteiger partial charge in [0.15, 0.2) is 0 Å². The second-order valence-electron chi connectivity index (χ2n) is 7.27. The number of hydrogen-bond acceptors (Lipinski definition) is 2. The van der Waals surface area contributed by atoms with Gasteiger partial charge in [0.05, 0.1) is 5.92 Å². The van der Waals surface area contributed by atoms with Gasteiger partial charge >= 0.3 is 0 Å². The van der Waals surface area contributed by atoms with Gasteiger partial charge in [-0.1, -0.05) is 57.2 Å². The van der Waals surface area contributed by atoms with Crippen molar-refractivity contribution >= 4 is 23.2 Å². The van der Waals surface area contributed by atoms with E-state index < -0.39 is 0 Å². The number of amides is 2. The zero-order valence-corrected chi connectivity index (χ0v) is 16.4. The second-order valence-corrected chi connectivity index (χ2v) is 7.27. The van der Waals surface area contributed by atoms with Crippen molar-refractivity contribution < 1.29 is 9.59 Å². The molecule has 0 bridgehead atoms. The van der Waals surface area contributed by atoms with E-state index >= 15 is 0 Å². The highest BCUT2D eigenvalue weighted by molar-refractivity contribution is 6.04. The van der Waals surface area contributed by atoms with Crippen molar-refractivity contribution in [2.75, 3.05) is 16.8 Å². The lowest BCUT2D eigenvalue weighted by molar-refractivity contribution is -0.122. The van der Waals surface area contributed by atoms with Crippen molar-refractivity contribution in [3.63, 3.8) is 0 Å². The Labute approximate surface area is 161 Å². The van der Waals surface area contributed by atoms with Crippen molar-refractivity contribution in [1.82, 2.24) is 0 Å². The first kappa shape index (κ1) is 19.2. The van der Waals surface area contributed by atoms with E-state index in [2.05, 4.69) is 32.2 Å². The summed E-state index contributed by atoms with van der Waals surface area (Å²) in [7, 11) is 0. The molecule has 1 aliphatic rings. The van der Waals surface area contributed by atoms with Crippen LogP contribution in [-0.2, 0) is 16.0 Å². The average molecular weight is 364 g/mol. The van der Waals surface area contributed by atoms with E-state index in [-0.39, 0.29) is 24.2 Å². The van der Waals surface area contributed by atoms with Crippen molar-refractivity contribution in [2.45, 2.75) is 46.0 Å². The predicted molar refractivity (Wildman–Crippen MR) is 110 cm³/mol. The fourth-order valence-corrected chi connectivity index (χ4v) is 3.67. The lowest BCUT2D eigenvalue weighted by atomic mass is 9.96. The third-order valence-electron chi connectivity index (χ3n) is 5.52. The van der Waals surface area contributed by atoms with Gasteiger partial charge in [-0.25, -0.2) is 0 Å². The molecule has 0 aromatic heterocycles. The first-order valence-corrected chi connectivity index (χ1v) is 9.83. The first-order chi connectivity index (χ1) is 13.0. The van der Waals surface area contributed by atoms with E-state index in [0.29, 0.717) is 12.5 Å². The molecule has 1 heterocycles. The normalized spacial score (nSPS) is 17.8. The van der Waals surface area contributed by atoms with E-state index in [1.807, 2.05) is 42.5 Å². The highest BCUT2D eigenvalue weighted by Crippen LogP contribution is 2.33. The summed E-state index contributed by atoms with van der Waals surface area (Å²) in [5, 5.41) is 3.03. The Morgan fingerprint density at radius 1 is 1.15 bits per heavy atom. The number of rotatable bonds is 6. The third kappa shape index (κ3) is 4.05. The minimum atomic E-state index is -0.326. The summed E-state index contributed by atoms with van der Waals surface area (Å²) in [6, 6.07) is 15.9. The number of benzene rings is 2. The molecule has 2 aromatic carbocycles. The van der Waals surface area contributed by atoms with Gasteiger partial charge in [0, 0.05) is 24.3 Å². The van der Waals surface area contributed by atoms with E-state index in [9.17, 15) is 9.59 Å². The first-order valence-electron chi connectivity index (χ1n) is 9.83. The van der Waals surface area contributed by atoms with Crippen LogP contribution < -0.4 is 10.2 Å². The molecule has 2 atom stereocenters. The van der Waals surface area contributed by atoms with Gasteiger partial charge in [0.1, 0.15) is 0 Å². The molecule has 1 aliphatic heterocycles. The molecule has 1 fully saturated rings.